The maximum Gasteiger partial charge on any atom is 0.373 e. The number of amides is 4. The second kappa shape index (κ2) is 69.4. The molecule has 0 aromatic rings. The lowest BCUT2D eigenvalue weighted by Crippen LogP contribution is -2.29. The zero-order valence-corrected chi connectivity index (χ0v) is 44.9. The molecule has 432 valence electrons. The Morgan fingerprint density at radius 2 is 1.16 bits per heavy atom. The predicted octanol–water partition coefficient (Wildman–Crippen LogP) is -0.233. The van der Waals surface area contributed by atoms with Gasteiger partial charge >= 0.3 is 36.2 Å². The van der Waals surface area contributed by atoms with E-state index in [1.807, 2.05) is 0 Å². The summed E-state index contributed by atoms with van der Waals surface area (Å²) < 4.78 is 0. The maximum absolute atomic E-state index is 11.0. The van der Waals surface area contributed by atoms with Crippen molar-refractivity contribution in [3.8, 4) is 0 Å². The molecule has 28 nitrogen and oxygen atoms in total. The zero-order valence-electron chi connectivity index (χ0n) is 43.1. The van der Waals surface area contributed by atoms with Crippen molar-refractivity contribution < 1.29 is 107 Å². The third-order valence-corrected chi connectivity index (χ3v) is 7.85. The molecule has 3 unspecified atom stereocenters. The van der Waals surface area contributed by atoms with E-state index in [1.54, 1.807) is 27.7 Å². The molecule has 2 fully saturated rings. The Kier molecular flexibility index (Phi) is 81.4. The van der Waals surface area contributed by atoms with Gasteiger partial charge in [0.2, 0.25) is 23.6 Å². The van der Waals surface area contributed by atoms with Gasteiger partial charge in [0.25, 0.3) is 0 Å². The van der Waals surface area contributed by atoms with Crippen LogP contribution in [0, 0.1) is 5.92 Å². The highest BCUT2D eigenvalue weighted by atomic mass is 32.1. The molecule has 3 atom stereocenters. The molecule has 30 heteroatoms. The molecule has 0 aromatic carbocycles. The second-order valence-electron chi connectivity index (χ2n) is 14.2. The van der Waals surface area contributed by atoms with Crippen molar-refractivity contribution in [3.63, 3.8) is 0 Å². The van der Waals surface area contributed by atoms with Gasteiger partial charge in [0, 0.05) is 76.0 Å². The Morgan fingerprint density at radius 1 is 0.733 bits per heavy atom. The number of nitrogens with zero attached hydrogens (tertiary/aromatic N) is 1. The number of unbranched alkanes of at least 4 members (excludes halogenated alkanes) is 2. The number of carbonyl (C=O) groups excluding carboxylic acids is 14. The smallest absolute Gasteiger partial charge is 0.373 e. The van der Waals surface area contributed by atoms with E-state index in [-0.39, 0.29) is 117 Å². The van der Waals surface area contributed by atoms with Crippen molar-refractivity contribution in [2.75, 3.05) is 31.1 Å². The molecule has 2 rings (SSSR count). The van der Waals surface area contributed by atoms with E-state index >= 15 is 0 Å². The number of hydrogen-bond acceptors (Lipinski definition) is 23. The molecule has 4 amide bonds. The van der Waals surface area contributed by atoms with Gasteiger partial charge in [-0.15, -0.1) is 0 Å². The number of Topliss-reactive ketones (excluding diaryl/α,β-unsaturated/α-hetero) is 3. The van der Waals surface area contributed by atoms with Crippen LogP contribution in [-0.4, -0.2) is 165 Å². The van der Waals surface area contributed by atoms with Gasteiger partial charge in [-0.25, -0.2) is 0 Å². The number of imide groups is 1. The van der Waals surface area contributed by atoms with E-state index in [2.05, 4.69) is 43.2 Å². The monoisotopic (exact) mass is 1120 g/mol. The van der Waals surface area contributed by atoms with Crippen LogP contribution in [0.2, 0.25) is 0 Å². The minimum Gasteiger partial charge on any atom is -0.481 e. The first kappa shape index (κ1) is 88.0. The van der Waals surface area contributed by atoms with Crippen LogP contribution in [-0.2, 0) is 86.3 Å². The normalized spacial score (nSPS) is 12.5. The summed E-state index contributed by atoms with van der Waals surface area (Å²) in [4.78, 5) is 176. The van der Waals surface area contributed by atoms with Crippen LogP contribution < -0.4 is 28.3 Å². The zero-order chi connectivity index (χ0) is 60.8. The molecule has 1 aliphatic heterocycles. The fraction of sp³-hybridized carbons (Fsp3) is 0.644. The first-order chi connectivity index (χ1) is 35.0. The number of nitrogens with one attached hydrogen (secondary N) is 1. The minimum absolute atomic E-state index is 0.00231. The number of primary amides is 1. The summed E-state index contributed by atoms with van der Waals surface area (Å²) in [6.45, 7) is 9.92. The van der Waals surface area contributed by atoms with Gasteiger partial charge in [0.15, 0.2) is 5.78 Å². The lowest BCUT2D eigenvalue weighted by Gasteiger charge is -2.08. The number of nitrogens with two attached hydrogens (primary N) is 4. The van der Waals surface area contributed by atoms with Gasteiger partial charge in [-0.1, -0.05) is 33.6 Å². The Hall–Kier alpha value is -6.68. The first-order valence-electron chi connectivity index (χ1n) is 22.6. The highest BCUT2D eigenvalue weighted by molar-refractivity contribution is 7.80. The largest absolute Gasteiger partial charge is 0.481 e. The van der Waals surface area contributed by atoms with Gasteiger partial charge in [-0.2, -0.15) is 44.4 Å². The third kappa shape index (κ3) is 97.3. The van der Waals surface area contributed by atoms with Crippen molar-refractivity contribution in [2.24, 2.45) is 28.9 Å². The van der Waals surface area contributed by atoms with Crippen LogP contribution in [0.4, 0.5) is 0 Å². The van der Waals surface area contributed by atoms with Crippen LogP contribution >= 0.6 is 25.3 Å². The lowest BCUT2D eigenvalue weighted by atomic mass is 10.1. The molecule has 1 saturated carbocycles. The molecule has 13 N–H and O–H groups in total. The summed E-state index contributed by atoms with van der Waals surface area (Å²) in [5.41, 5.74) is 19.6. The summed E-state index contributed by atoms with van der Waals surface area (Å²) in [7, 11) is 0. The van der Waals surface area contributed by atoms with Gasteiger partial charge < -0.3 is 63.1 Å². The van der Waals surface area contributed by atoms with Crippen molar-refractivity contribution in [3.05, 3.63) is 0 Å². The standard InChI is InChI=1S/C8H13NO4S.C6H9NO2.C6H8O2.C6H12O2.C5H9NO3.3C3H7NO.C3H6O2S.2CO2/c10-6(1-2-8(12)13)5-9-7(11)3-4-14;1-2-7-5(8)3-4-6(7)9;1-4-2-5(7)3-6(4)8;1-2-3-4-5-6(7)8;6-4(3-7)1-2-5(8)9;1-3(4)2-5;1-2-3(4)5;4-2-1-3-5;4-3(5)1-2-6;2*2-1-3/h14H,1-5H2,(H,9,11)(H,12,13);2-4H2,1H3;4H,2-3H2,1H3;2-5H2,1H3,(H,7,8);3-4H,1-2,6H2,(H,8,9);2-3H,4H2,1H3;2H2,1H3,(H2,4,5);3H,1-2,4H2;6H,1-2H2,(H,4,5);;. The Bertz CT molecular complexity index is 1680. The quantitative estimate of drug-likeness (QED) is 0.0219. The van der Waals surface area contributed by atoms with E-state index in [9.17, 15) is 67.1 Å². The van der Waals surface area contributed by atoms with Crippen LogP contribution in [0.1, 0.15) is 137 Å². The molecular weight excluding hydrogens is 1040 g/mol. The summed E-state index contributed by atoms with van der Waals surface area (Å²) in [5.74, 6) is -3.17. The molecule has 0 spiro atoms. The van der Waals surface area contributed by atoms with Gasteiger partial charge in [-0.05, 0) is 39.0 Å². The van der Waals surface area contributed by atoms with Crippen LogP contribution in [0.25, 0.3) is 0 Å². The molecule has 1 heterocycles. The molecule has 1 saturated heterocycles. The third-order valence-electron chi connectivity index (χ3n) is 7.40. The predicted molar refractivity (Wildman–Crippen MR) is 271 cm³/mol. The summed E-state index contributed by atoms with van der Waals surface area (Å²) in [5, 5.41) is 34.7. The molecule has 0 aromatic heterocycles. The summed E-state index contributed by atoms with van der Waals surface area (Å²) >= 11 is 7.53. The van der Waals surface area contributed by atoms with Crippen molar-refractivity contribution in [1.82, 2.24) is 10.2 Å². The first-order valence-corrected chi connectivity index (χ1v) is 23.8. The molecular formula is C45H78N6O22S2. The molecule has 75 heavy (non-hydrogen) atoms. The molecule has 2 aliphatic rings. The number of hydrogen-bond donors (Lipinski definition) is 11. The molecule has 0 bridgehead atoms. The van der Waals surface area contributed by atoms with Gasteiger partial charge in [-0.3, -0.25) is 57.6 Å². The van der Waals surface area contributed by atoms with Crippen molar-refractivity contribution in [2.45, 2.75) is 149 Å². The summed E-state index contributed by atoms with van der Waals surface area (Å²) in [6.07, 6.45) is 8.58. The van der Waals surface area contributed by atoms with E-state index in [4.69, 9.17) is 56.8 Å². The van der Waals surface area contributed by atoms with Crippen LogP contribution in [0.15, 0.2) is 0 Å². The van der Waals surface area contributed by atoms with Crippen LogP contribution in [0.5, 0.6) is 0 Å². The number of rotatable bonds is 22. The minimum atomic E-state index is -1.01. The Balaban J connectivity index is -0.0000000937. The van der Waals surface area contributed by atoms with Gasteiger partial charge in [0.05, 0.1) is 37.9 Å². The lowest BCUT2D eigenvalue weighted by molar-refractivity contribution is -0.193. The molecule has 1 aliphatic carbocycles. The Labute approximate surface area is 446 Å². The number of likely N-dealkylation sites (tertiary alicyclic amines) is 1. The second-order valence-corrected chi connectivity index (χ2v) is 15.1. The summed E-state index contributed by atoms with van der Waals surface area (Å²) in [6, 6.07) is -0.920. The van der Waals surface area contributed by atoms with E-state index in [1.165, 1.54) is 4.90 Å². The average molecular weight is 1120 g/mol. The SMILES string of the molecule is CC(N)C=O.CC1CC(=O)CC1=O.CCC(N)=O.CCCCCC(=O)O.CCN1C(=O)CCC1=O.NC(C=O)CCC(=O)O.NCCC=O.O=C(O)CCC(=O)CNC(=O)CCS.O=C(O)CCS.O=C=O.O=C=O. The fourth-order valence-electron chi connectivity index (χ4n) is 3.64. The topological polar surface area (TPSA) is 508 Å². The average Bonchev–Trinajstić information content (AvgIpc) is 3.83. The van der Waals surface area contributed by atoms with Crippen LogP contribution in [0.3, 0.4) is 0 Å². The number of ketones is 3. The number of carbonyl (C=O) groups is 14. The van der Waals surface area contributed by atoms with Crippen molar-refractivity contribution >= 4 is 121 Å². The number of carboxylic acids is 4. The van der Waals surface area contributed by atoms with E-state index in [0.717, 1.165) is 25.5 Å². The van der Waals surface area contributed by atoms with Crippen molar-refractivity contribution in [1.29, 1.82) is 0 Å². The fourth-order valence-corrected chi connectivity index (χ4v) is 4.04. The van der Waals surface area contributed by atoms with E-state index < -0.39 is 29.9 Å². The number of thiol groups is 2. The van der Waals surface area contributed by atoms with Gasteiger partial charge in [0.1, 0.15) is 30.4 Å². The Morgan fingerprint density at radius 3 is 1.37 bits per heavy atom. The highest BCUT2D eigenvalue weighted by Gasteiger charge is 2.27. The van der Waals surface area contributed by atoms with E-state index in [0.29, 0.717) is 75.7 Å². The number of aldehydes is 3. The highest BCUT2D eigenvalue weighted by Crippen LogP contribution is 2.16. The maximum atomic E-state index is 11.0. The molecule has 0 radical (unpaired) electrons. The number of aliphatic carboxylic acids is 4. The number of carboxylic acid groups (broad SMARTS) is 4.